The van der Waals surface area contributed by atoms with Crippen LogP contribution in [-0.4, -0.2) is 0 Å². The first-order chi connectivity index (χ1) is 8.28. The molecular weight excluding hydrogens is 254 g/mol. The molecule has 1 aromatic carbocycles. The van der Waals surface area contributed by atoms with Crippen molar-refractivity contribution < 1.29 is 4.42 Å². The maximum atomic E-state index is 6.22. The first-order valence-corrected chi connectivity index (χ1v) is 6.49. The normalized spacial score (nSPS) is 11.2. The van der Waals surface area contributed by atoms with Gasteiger partial charge in [-0.2, -0.15) is 0 Å². The van der Waals surface area contributed by atoms with Crippen LogP contribution in [0.2, 0.25) is 5.02 Å². The van der Waals surface area contributed by atoms with Crippen LogP contribution in [0.15, 0.2) is 40.1 Å². The van der Waals surface area contributed by atoms with Gasteiger partial charge < -0.3 is 10.2 Å². The van der Waals surface area contributed by atoms with E-state index in [-0.39, 0.29) is 0 Å². The molecular formula is C13H10ClNOS. The molecule has 0 saturated carbocycles. The average molecular weight is 264 g/mol. The second kappa shape index (κ2) is 4.18. The van der Waals surface area contributed by atoms with E-state index in [1.807, 2.05) is 23.6 Å². The van der Waals surface area contributed by atoms with E-state index in [1.165, 1.54) is 4.88 Å². The van der Waals surface area contributed by atoms with E-state index in [0.29, 0.717) is 17.2 Å². The Kier molecular flexibility index (Phi) is 2.67. The first-order valence-electron chi connectivity index (χ1n) is 5.24. The van der Waals surface area contributed by atoms with E-state index in [2.05, 4.69) is 12.1 Å². The monoisotopic (exact) mass is 263 g/mol. The number of hydrogen-bond acceptors (Lipinski definition) is 3. The van der Waals surface area contributed by atoms with Gasteiger partial charge in [0.05, 0.1) is 11.6 Å². The van der Waals surface area contributed by atoms with Gasteiger partial charge in [0.15, 0.2) is 5.58 Å². The van der Waals surface area contributed by atoms with Crippen LogP contribution < -0.4 is 5.73 Å². The fourth-order valence-corrected chi connectivity index (χ4v) is 2.83. The molecule has 17 heavy (non-hydrogen) atoms. The molecule has 2 N–H and O–H groups in total. The summed E-state index contributed by atoms with van der Waals surface area (Å²) in [6, 6.07) is 10.1. The summed E-state index contributed by atoms with van der Waals surface area (Å²) in [7, 11) is 0. The lowest BCUT2D eigenvalue weighted by Gasteiger charge is -1.99. The van der Waals surface area contributed by atoms with Gasteiger partial charge in [0.1, 0.15) is 5.76 Å². The molecule has 2 aromatic heterocycles. The van der Waals surface area contributed by atoms with Crippen LogP contribution in [0, 0.1) is 0 Å². The Morgan fingerprint density at radius 3 is 2.88 bits per heavy atom. The number of fused-ring (bicyclic) bond motifs is 1. The lowest BCUT2D eigenvalue weighted by molar-refractivity contribution is 0.552. The molecule has 86 valence electrons. The lowest BCUT2D eigenvalue weighted by atomic mass is 10.1. The van der Waals surface area contributed by atoms with Crippen molar-refractivity contribution in [3.63, 3.8) is 0 Å². The van der Waals surface area contributed by atoms with Crippen LogP contribution in [0.4, 0.5) is 0 Å². The predicted molar refractivity (Wildman–Crippen MR) is 72.4 cm³/mol. The fraction of sp³-hybridized carbons (Fsp3) is 0.0769. The summed E-state index contributed by atoms with van der Waals surface area (Å²) < 4.78 is 5.57. The van der Waals surface area contributed by atoms with Gasteiger partial charge >= 0.3 is 0 Å². The van der Waals surface area contributed by atoms with Crippen molar-refractivity contribution in [3.05, 3.63) is 46.5 Å². The Labute approximate surface area is 108 Å². The topological polar surface area (TPSA) is 39.2 Å². The molecule has 3 rings (SSSR count). The molecule has 0 spiro atoms. The second-order valence-corrected chi connectivity index (χ2v) is 5.13. The van der Waals surface area contributed by atoms with Crippen LogP contribution >= 0.6 is 22.9 Å². The van der Waals surface area contributed by atoms with E-state index in [4.69, 9.17) is 21.8 Å². The van der Waals surface area contributed by atoms with E-state index in [1.54, 1.807) is 11.3 Å². The third kappa shape index (κ3) is 1.86. The number of thiophene rings is 1. The van der Waals surface area contributed by atoms with Gasteiger partial charge in [-0.1, -0.05) is 17.7 Å². The molecule has 0 radical (unpaired) electrons. The highest BCUT2D eigenvalue weighted by atomic mass is 35.5. The zero-order valence-corrected chi connectivity index (χ0v) is 10.5. The molecule has 0 aliphatic heterocycles. The van der Waals surface area contributed by atoms with Crippen LogP contribution in [0.25, 0.3) is 21.4 Å². The Bertz CT molecular complexity index is 657. The van der Waals surface area contributed by atoms with Crippen molar-refractivity contribution in [2.45, 2.75) is 6.54 Å². The van der Waals surface area contributed by atoms with E-state index < -0.39 is 0 Å². The van der Waals surface area contributed by atoms with Gasteiger partial charge in [0.2, 0.25) is 0 Å². The third-order valence-corrected chi connectivity index (χ3v) is 3.83. The maximum absolute atomic E-state index is 6.22. The number of halogens is 1. The Morgan fingerprint density at radius 1 is 1.29 bits per heavy atom. The molecule has 0 atom stereocenters. The molecule has 2 heterocycles. The van der Waals surface area contributed by atoms with Crippen LogP contribution in [-0.2, 0) is 6.54 Å². The van der Waals surface area contributed by atoms with Gasteiger partial charge in [-0.05, 0) is 35.2 Å². The maximum Gasteiger partial charge on any atom is 0.152 e. The molecule has 0 unspecified atom stereocenters. The molecule has 0 saturated heterocycles. The zero-order valence-electron chi connectivity index (χ0n) is 8.94. The molecule has 0 amide bonds. The van der Waals surface area contributed by atoms with E-state index >= 15 is 0 Å². The second-order valence-electron chi connectivity index (χ2n) is 3.77. The average Bonchev–Trinajstić information content (AvgIpc) is 2.97. The lowest BCUT2D eigenvalue weighted by Crippen LogP contribution is -1.92. The summed E-state index contributed by atoms with van der Waals surface area (Å²) in [6.45, 7) is 0.388. The van der Waals surface area contributed by atoms with Gasteiger partial charge in [0.25, 0.3) is 0 Å². The van der Waals surface area contributed by atoms with Crippen molar-refractivity contribution >= 4 is 33.9 Å². The smallest absolute Gasteiger partial charge is 0.152 e. The number of benzene rings is 1. The molecule has 3 aromatic rings. The standard InChI is InChI=1S/C13H10ClNOS/c14-11-6-8(12-2-1-3-17-12)4-9-5-10(7-15)16-13(9)11/h1-6H,7,15H2. The number of hydrogen-bond donors (Lipinski definition) is 1. The first kappa shape index (κ1) is 10.8. The van der Waals surface area contributed by atoms with Crippen LogP contribution in [0.1, 0.15) is 5.76 Å². The quantitative estimate of drug-likeness (QED) is 0.750. The minimum atomic E-state index is 0.388. The molecule has 4 heteroatoms. The van der Waals surface area contributed by atoms with Crippen molar-refractivity contribution in [1.29, 1.82) is 0 Å². The van der Waals surface area contributed by atoms with Crippen molar-refractivity contribution in [2.24, 2.45) is 5.73 Å². The highest BCUT2D eigenvalue weighted by Gasteiger charge is 2.09. The van der Waals surface area contributed by atoms with Crippen molar-refractivity contribution in [3.8, 4) is 10.4 Å². The van der Waals surface area contributed by atoms with Crippen LogP contribution in [0.5, 0.6) is 0 Å². The summed E-state index contributed by atoms with van der Waals surface area (Å²) in [6.07, 6.45) is 0. The minimum Gasteiger partial charge on any atom is -0.458 e. The summed E-state index contributed by atoms with van der Waals surface area (Å²) in [5, 5.41) is 3.68. The highest BCUT2D eigenvalue weighted by molar-refractivity contribution is 7.13. The number of rotatable bonds is 2. The highest BCUT2D eigenvalue weighted by Crippen LogP contribution is 2.34. The molecule has 0 bridgehead atoms. The zero-order chi connectivity index (χ0) is 11.8. The summed E-state index contributed by atoms with van der Waals surface area (Å²) in [5.74, 6) is 0.755. The van der Waals surface area contributed by atoms with Gasteiger partial charge in [-0.3, -0.25) is 0 Å². The fourth-order valence-electron chi connectivity index (χ4n) is 1.85. The number of furan rings is 1. The van der Waals surface area contributed by atoms with Gasteiger partial charge in [0, 0.05) is 10.3 Å². The van der Waals surface area contributed by atoms with E-state index in [9.17, 15) is 0 Å². The Balaban J connectivity index is 2.23. The van der Waals surface area contributed by atoms with Crippen molar-refractivity contribution in [2.75, 3.05) is 0 Å². The Morgan fingerprint density at radius 2 is 2.18 bits per heavy atom. The Hall–Kier alpha value is -1.29. The van der Waals surface area contributed by atoms with Gasteiger partial charge in [-0.15, -0.1) is 11.3 Å². The van der Waals surface area contributed by atoms with Crippen LogP contribution in [0.3, 0.4) is 0 Å². The van der Waals surface area contributed by atoms with Gasteiger partial charge in [-0.25, -0.2) is 0 Å². The predicted octanol–water partition coefficient (Wildman–Crippen LogP) is 4.27. The molecule has 0 fully saturated rings. The molecule has 0 aliphatic carbocycles. The molecule has 0 aliphatic rings. The molecule has 2 nitrogen and oxygen atoms in total. The SMILES string of the molecule is NCc1cc2cc(-c3cccs3)cc(Cl)c2o1. The summed E-state index contributed by atoms with van der Waals surface area (Å²) >= 11 is 7.91. The minimum absolute atomic E-state index is 0.388. The third-order valence-electron chi connectivity index (χ3n) is 2.63. The van der Waals surface area contributed by atoms with E-state index in [0.717, 1.165) is 16.7 Å². The largest absolute Gasteiger partial charge is 0.458 e. The van der Waals surface area contributed by atoms with Crippen molar-refractivity contribution in [1.82, 2.24) is 0 Å². The summed E-state index contributed by atoms with van der Waals surface area (Å²) in [4.78, 5) is 1.20. The summed E-state index contributed by atoms with van der Waals surface area (Å²) in [5.41, 5.74) is 7.39. The number of nitrogens with two attached hydrogens (primary N) is 1.